The number of piperidine rings is 1. The zero-order chi connectivity index (χ0) is 20.0. The largest absolute Gasteiger partial charge is 0.494 e. The van der Waals surface area contributed by atoms with Gasteiger partial charge in [0, 0.05) is 13.1 Å². The Kier molecular flexibility index (Phi) is 5.51. The molecule has 3 rings (SSSR count). The molecular formula is C19H31BN2O4S. The van der Waals surface area contributed by atoms with Crippen LogP contribution in [0.3, 0.4) is 0 Å². The van der Waals surface area contributed by atoms with Crippen LogP contribution in [0.25, 0.3) is 0 Å². The van der Waals surface area contributed by atoms with Gasteiger partial charge in [-0.25, -0.2) is 8.42 Å². The third kappa shape index (κ3) is 3.96. The van der Waals surface area contributed by atoms with Gasteiger partial charge in [-0.2, -0.15) is 4.31 Å². The lowest BCUT2D eigenvalue weighted by atomic mass is 9.78. The molecule has 2 heterocycles. The Labute approximate surface area is 163 Å². The van der Waals surface area contributed by atoms with Crippen molar-refractivity contribution in [1.82, 2.24) is 4.31 Å². The molecule has 0 spiro atoms. The van der Waals surface area contributed by atoms with E-state index in [0.717, 1.165) is 23.9 Å². The summed E-state index contributed by atoms with van der Waals surface area (Å²) >= 11 is 0. The summed E-state index contributed by atoms with van der Waals surface area (Å²) in [6, 6.07) is 5.35. The van der Waals surface area contributed by atoms with E-state index in [1.165, 1.54) is 0 Å². The molecule has 2 fully saturated rings. The van der Waals surface area contributed by atoms with Gasteiger partial charge in [-0.05, 0) is 77.5 Å². The van der Waals surface area contributed by atoms with Crippen molar-refractivity contribution in [2.24, 2.45) is 11.7 Å². The molecule has 8 heteroatoms. The number of sulfonamides is 1. The first-order valence-electron chi connectivity index (χ1n) is 9.64. The second-order valence-corrected chi connectivity index (χ2v) is 10.7. The maximum atomic E-state index is 13.2. The maximum Gasteiger partial charge on any atom is 0.494 e. The minimum Gasteiger partial charge on any atom is -0.399 e. The second-order valence-electron chi connectivity index (χ2n) is 8.75. The lowest BCUT2D eigenvalue weighted by molar-refractivity contribution is 0.00578. The SMILES string of the molecule is Cc1cc(B2OC(C)(C)C(C)(C)O2)cc(S(=O)(=O)N2CCC(CN)CC2)c1. The van der Waals surface area contributed by atoms with Gasteiger partial charge < -0.3 is 15.0 Å². The highest BCUT2D eigenvalue weighted by molar-refractivity contribution is 7.89. The zero-order valence-electron chi connectivity index (χ0n) is 17.0. The van der Waals surface area contributed by atoms with E-state index in [0.29, 0.717) is 30.4 Å². The van der Waals surface area contributed by atoms with E-state index < -0.39 is 28.3 Å². The van der Waals surface area contributed by atoms with Gasteiger partial charge in [-0.1, -0.05) is 11.6 Å². The maximum absolute atomic E-state index is 13.2. The van der Waals surface area contributed by atoms with Gasteiger partial charge in [0.2, 0.25) is 10.0 Å². The van der Waals surface area contributed by atoms with Crippen LogP contribution in [0, 0.1) is 12.8 Å². The molecule has 0 radical (unpaired) electrons. The monoisotopic (exact) mass is 394 g/mol. The first-order chi connectivity index (χ1) is 12.5. The van der Waals surface area contributed by atoms with Crippen molar-refractivity contribution in [2.75, 3.05) is 19.6 Å². The minimum absolute atomic E-state index is 0.304. The van der Waals surface area contributed by atoms with E-state index >= 15 is 0 Å². The van der Waals surface area contributed by atoms with Gasteiger partial charge in [-0.3, -0.25) is 0 Å². The molecule has 6 nitrogen and oxygen atoms in total. The van der Waals surface area contributed by atoms with Crippen LogP contribution in [-0.4, -0.2) is 50.7 Å². The van der Waals surface area contributed by atoms with Crippen LogP contribution >= 0.6 is 0 Å². The molecule has 2 saturated heterocycles. The van der Waals surface area contributed by atoms with E-state index in [4.69, 9.17) is 15.0 Å². The standard InChI is InChI=1S/C19H31BN2O4S/c1-14-10-16(20-25-18(2,3)19(4,5)26-20)12-17(11-14)27(23,24)22-8-6-15(13-21)7-9-22/h10-12,15H,6-9,13,21H2,1-5H3. The quantitative estimate of drug-likeness (QED) is 0.786. The summed E-state index contributed by atoms with van der Waals surface area (Å²) in [5.41, 5.74) is 6.40. The molecule has 1 aromatic rings. The second kappa shape index (κ2) is 7.15. The summed E-state index contributed by atoms with van der Waals surface area (Å²) < 4.78 is 40.1. The van der Waals surface area contributed by atoms with Gasteiger partial charge in [0.05, 0.1) is 16.1 Å². The highest BCUT2D eigenvalue weighted by Crippen LogP contribution is 2.36. The average molecular weight is 394 g/mol. The van der Waals surface area contributed by atoms with E-state index in [1.807, 2.05) is 40.7 Å². The molecule has 0 amide bonds. The Morgan fingerprint density at radius 1 is 1.11 bits per heavy atom. The van der Waals surface area contributed by atoms with Crippen LogP contribution in [0.2, 0.25) is 0 Å². The minimum atomic E-state index is -3.54. The number of nitrogens with two attached hydrogens (primary N) is 1. The van der Waals surface area contributed by atoms with E-state index in [1.54, 1.807) is 16.4 Å². The Bertz CT molecular complexity index is 786. The Balaban J connectivity index is 1.88. The van der Waals surface area contributed by atoms with Crippen LogP contribution in [-0.2, 0) is 19.3 Å². The average Bonchev–Trinajstić information content (AvgIpc) is 2.82. The zero-order valence-corrected chi connectivity index (χ0v) is 17.8. The lowest BCUT2D eigenvalue weighted by Crippen LogP contribution is -2.41. The number of rotatable bonds is 4. The van der Waals surface area contributed by atoms with E-state index in [2.05, 4.69) is 0 Å². The molecule has 150 valence electrons. The fourth-order valence-corrected chi connectivity index (χ4v) is 5.18. The van der Waals surface area contributed by atoms with Crippen molar-refractivity contribution in [3.05, 3.63) is 23.8 Å². The predicted octanol–water partition coefficient (Wildman–Crippen LogP) is 1.65. The molecule has 0 atom stereocenters. The summed E-state index contributed by atoms with van der Waals surface area (Å²) in [5, 5.41) is 0. The molecule has 0 saturated carbocycles. The highest BCUT2D eigenvalue weighted by atomic mass is 32.2. The first kappa shape index (κ1) is 20.8. The lowest BCUT2D eigenvalue weighted by Gasteiger charge is -2.32. The van der Waals surface area contributed by atoms with Crippen LogP contribution in [0.4, 0.5) is 0 Å². The van der Waals surface area contributed by atoms with Gasteiger partial charge >= 0.3 is 7.12 Å². The summed E-state index contributed by atoms with van der Waals surface area (Å²) in [6.45, 7) is 11.5. The normalized spacial score (nSPS) is 23.7. The number of benzene rings is 1. The molecule has 0 aromatic heterocycles. The van der Waals surface area contributed by atoms with E-state index in [9.17, 15) is 8.42 Å². The van der Waals surface area contributed by atoms with E-state index in [-0.39, 0.29) is 0 Å². The highest BCUT2D eigenvalue weighted by Gasteiger charge is 2.52. The number of hydrogen-bond acceptors (Lipinski definition) is 5. The van der Waals surface area contributed by atoms with Crippen molar-refractivity contribution < 1.29 is 17.7 Å². The van der Waals surface area contributed by atoms with Crippen LogP contribution < -0.4 is 11.2 Å². The molecule has 27 heavy (non-hydrogen) atoms. The third-order valence-electron chi connectivity index (χ3n) is 6.14. The third-order valence-corrected chi connectivity index (χ3v) is 8.02. The summed E-state index contributed by atoms with van der Waals surface area (Å²) in [4.78, 5) is 0.304. The topological polar surface area (TPSA) is 81.9 Å². The Morgan fingerprint density at radius 2 is 1.67 bits per heavy atom. The van der Waals surface area contributed by atoms with Crippen LogP contribution in [0.1, 0.15) is 46.1 Å². The van der Waals surface area contributed by atoms with Crippen molar-refractivity contribution in [3.63, 3.8) is 0 Å². The number of hydrogen-bond donors (Lipinski definition) is 1. The summed E-state index contributed by atoms with van der Waals surface area (Å²) in [6.07, 6.45) is 1.62. The molecule has 2 aliphatic rings. The summed E-state index contributed by atoms with van der Waals surface area (Å²) in [5.74, 6) is 0.411. The smallest absolute Gasteiger partial charge is 0.399 e. The van der Waals surface area contributed by atoms with Crippen molar-refractivity contribution in [1.29, 1.82) is 0 Å². The van der Waals surface area contributed by atoms with Gasteiger partial charge in [0.1, 0.15) is 0 Å². The van der Waals surface area contributed by atoms with Gasteiger partial charge in [-0.15, -0.1) is 0 Å². The predicted molar refractivity (Wildman–Crippen MR) is 107 cm³/mol. The molecule has 0 bridgehead atoms. The van der Waals surface area contributed by atoms with Crippen LogP contribution in [0.15, 0.2) is 23.1 Å². The molecule has 2 aliphatic heterocycles. The molecular weight excluding hydrogens is 363 g/mol. The van der Waals surface area contributed by atoms with Crippen molar-refractivity contribution >= 4 is 22.6 Å². The molecule has 2 N–H and O–H groups in total. The van der Waals surface area contributed by atoms with Crippen molar-refractivity contribution in [3.8, 4) is 0 Å². The molecule has 0 unspecified atom stereocenters. The fraction of sp³-hybridized carbons (Fsp3) is 0.684. The fourth-order valence-electron chi connectivity index (χ4n) is 3.58. The molecule has 0 aliphatic carbocycles. The van der Waals surface area contributed by atoms with Gasteiger partial charge in [0.15, 0.2) is 0 Å². The number of aryl methyl sites for hydroxylation is 1. The van der Waals surface area contributed by atoms with Crippen molar-refractivity contribution in [2.45, 2.75) is 63.6 Å². The Hall–Kier alpha value is -0.925. The molecule has 1 aromatic carbocycles. The first-order valence-corrected chi connectivity index (χ1v) is 11.1. The van der Waals surface area contributed by atoms with Crippen LogP contribution in [0.5, 0.6) is 0 Å². The number of nitrogens with zero attached hydrogens (tertiary/aromatic N) is 1. The summed E-state index contributed by atoms with van der Waals surface area (Å²) in [7, 11) is -4.12. The van der Waals surface area contributed by atoms with Gasteiger partial charge in [0.25, 0.3) is 0 Å². The Morgan fingerprint density at radius 3 is 2.19 bits per heavy atom.